The molecule has 5 heteroatoms. The van der Waals surface area contributed by atoms with Crippen molar-refractivity contribution < 1.29 is 14.2 Å². The van der Waals surface area contributed by atoms with Gasteiger partial charge in [0, 0.05) is 24.2 Å². The lowest BCUT2D eigenvalue weighted by molar-refractivity contribution is 0.122. The smallest absolute Gasteiger partial charge is 0.161 e. The van der Waals surface area contributed by atoms with Crippen LogP contribution in [0.15, 0.2) is 16.6 Å². The van der Waals surface area contributed by atoms with E-state index in [2.05, 4.69) is 21.2 Å². The first kappa shape index (κ1) is 16.6. The molecule has 0 saturated heterocycles. The Morgan fingerprint density at radius 3 is 2.57 bits per heavy atom. The molecule has 1 aromatic carbocycles. The highest BCUT2D eigenvalue weighted by Crippen LogP contribution is 2.33. The Hall–Kier alpha value is -0.780. The number of rotatable bonds is 10. The molecule has 0 atom stereocenters. The maximum Gasteiger partial charge on any atom is 0.161 e. The van der Waals surface area contributed by atoms with E-state index in [4.69, 9.17) is 14.2 Å². The number of methoxy groups -OCH3 is 2. The van der Waals surface area contributed by atoms with Gasteiger partial charge in [-0.05, 0) is 49.4 Å². The minimum atomic E-state index is 0.738. The second-order valence-electron chi connectivity index (χ2n) is 5.35. The van der Waals surface area contributed by atoms with E-state index < -0.39 is 0 Å². The van der Waals surface area contributed by atoms with E-state index in [0.717, 1.165) is 60.2 Å². The molecule has 0 spiro atoms. The molecule has 0 aromatic heterocycles. The predicted molar refractivity (Wildman–Crippen MR) is 87.1 cm³/mol. The Kier molecular flexibility index (Phi) is 6.80. The predicted octanol–water partition coefficient (Wildman–Crippen LogP) is 3.37. The van der Waals surface area contributed by atoms with Crippen LogP contribution in [0.2, 0.25) is 0 Å². The molecule has 0 amide bonds. The van der Waals surface area contributed by atoms with Gasteiger partial charge >= 0.3 is 0 Å². The van der Waals surface area contributed by atoms with Crippen LogP contribution in [0.3, 0.4) is 0 Å². The summed E-state index contributed by atoms with van der Waals surface area (Å²) < 4.78 is 17.2. The SMILES string of the molecule is COc1cc(Br)c(CNCCCOCC2CC2)cc1OC. The van der Waals surface area contributed by atoms with Gasteiger partial charge in [0.15, 0.2) is 11.5 Å². The van der Waals surface area contributed by atoms with Crippen molar-refractivity contribution in [2.45, 2.75) is 25.8 Å². The van der Waals surface area contributed by atoms with Gasteiger partial charge in [-0.3, -0.25) is 0 Å². The van der Waals surface area contributed by atoms with Crippen LogP contribution in [0.1, 0.15) is 24.8 Å². The number of hydrogen-bond acceptors (Lipinski definition) is 4. The van der Waals surface area contributed by atoms with E-state index in [0.29, 0.717) is 0 Å². The highest BCUT2D eigenvalue weighted by molar-refractivity contribution is 9.10. The third kappa shape index (κ3) is 5.49. The standard InChI is InChI=1S/C16H24BrNO3/c1-19-15-8-13(14(17)9-16(15)20-2)10-18-6-3-7-21-11-12-4-5-12/h8-9,12,18H,3-7,10-11H2,1-2H3. The number of nitrogens with one attached hydrogen (secondary N) is 1. The Morgan fingerprint density at radius 2 is 1.90 bits per heavy atom. The fraction of sp³-hybridized carbons (Fsp3) is 0.625. The number of hydrogen-bond donors (Lipinski definition) is 1. The van der Waals surface area contributed by atoms with E-state index in [9.17, 15) is 0 Å². The highest BCUT2D eigenvalue weighted by Gasteiger charge is 2.20. The fourth-order valence-electron chi connectivity index (χ4n) is 2.09. The molecule has 0 radical (unpaired) electrons. The summed E-state index contributed by atoms with van der Waals surface area (Å²) in [7, 11) is 3.30. The minimum Gasteiger partial charge on any atom is -0.493 e. The molecule has 0 aliphatic heterocycles. The summed E-state index contributed by atoms with van der Waals surface area (Å²) in [6.07, 6.45) is 3.74. The first-order valence-corrected chi connectivity index (χ1v) is 8.22. The van der Waals surface area contributed by atoms with Crippen LogP contribution in [-0.2, 0) is 11.3 Å². The van der Waals surface area contributed by atoms with Gasteiger partial charge in [-0.15, -0.1) is 0 Å². The molecular weight excluding hydrogens is 334 g/mol. The summed E-state index contributed by atoms with van der Waals surface area (Å²) in [6, 6.07) is 3.94. The summed E-state index contributed by atoms with van der Waals surface area (Å²) in [5.41, 5.74) is 1.16. The molecule has 2 rings (SSSR count). The lowest BCUT2D eigenvalue weighted by atomic mass is 10.2. The van der Waals surface area contributed by atoms with Gasteiger partial charge < -0.3 is 19.5 Å². The van der Waals surface area contributed by atoms with Crippen LogP contribution in [0, 0.1) is 5.92 Å². The average molecular weight is 358 g/mol. The first-order valence-electron chi connectivity index (χ1n) is 7.43. The van der Waals surface area contributed by atoms with Gasteiger partial charge in [-0.1, -0.05) is 15.9 Å². The Bertz CT molecular complexity index is 449. The molecular formula is C16H24BrNO3. The number of ether oxygens (including phenoxy) is 3. The Morgan fingerprint density at radius 1 is 1.19 bits per heavy atom. The van der Waals surface area contributed by atoms with Crippen molar-refractivity contribution in [2.75, 3.05) is 34.0 Å². The van der Waals surface area contributed by atoms with Gasteiger partial charge in [0.05, 0.1) is 14.2 Å². The van der Waals surface area contributed by atoms with Crippen LogP contribution in [0.5, 0.6) is 11.5 Å². The monoisotopic (exact) mass is 357 g/mol. The van der Waals surface area contributed by atoms with E-state index >= 15 is 0 Å². The van der Waals surface area contributed by atoms with E-state index in [1.807, 2.05) is 12.1 Å². The summed E-state index contributed by atoms with van der Waals surface area (Å²) in [5.74, 6) is 2.34. The zero-order chi connectivity index (χ0) is 15.1. The van der Waals surface area contributed by atoms with Crippen molar-refractivity contribution in [3.8, 4) is 11.5 Å². The zero-order valence-corrected chi connectivity index (χ0v) is 14.4. The molecule has 21 heavy (non-hydrogen) atoms. The lowest BCUT2D eigenvalue weighted by Crippen LogP contribution is -2.17. The largest absolute Gasteiger partial charge is 0.493 e. The maximum atomic E-state index is 5.61. The van der Waals surface area contributed by atoms with Crippen molar-refractivity contribution in [3.63, 3.8) is 0 Å². The van der Waals surface area contributed by atoms with Crippen molar-refractivity contribution in [1.29, 1.82) is 0 Å². The summed E-state index contributed by atoms with van der Waals surface area (Å²) in [6.45, 7) is 3.53. The second-order valence-corrected chi connectivity index (χ2v) is 6.20. The van der Waals surface area contributed by atoms with E-state index in [1.165, 1.54) is 12.8 Å². The third-order valence-corrected chi connectivity index (χ3v) is 4.30. The molecule has 1 fully saturated rings. The van der Waals surface area contributed by atoms with Crippen molar-refractivity contribution >= 4 is 15.9 Å². The first-order chi connectivity index (χ1) is 10.2. The molecule has 1 aromatic rings. The normalized spacial score (nSPS) is 14.2. The van der Waals surface area contributed by atoms with Crippen molar-refractivity contribution in [1.82, 2.24) is 5.32 Å². The molecule has 0 unspecified atom stereocenters. The van der Waals surface area contributed by atoms with Crippen molar-refractivity contribution in [3.05, 3.63) is 22.2 Å². The Labute approximate surface area is 135 Å². The molecule has 118 valence electrons. The van der Waals surface area contributed by atoms with Crippen LogP contribution in [0.4, 0.5) is 0 Å². The van der Waals surface area contributed by atoms with Gasteiger partial charge in [0.25, 0.3) is 0 Å². The summed E-state index contributed by atoms with van der Waals surface area (Å²) in [4.78, 5) is 0. The maximum absolute atomic E-state index is 5.61. The lowest BCUT2D eigenvalue weighted by Gasteiger charge is -2.12. The number of halogens is 1. The molecule has 0 bridgehead atoms. The van der Waals surface area contributed by atoms with Crippen LogP contribution in [0.25, 0.3) is 0 Å². The average Bonchev–Trinajstić information content (AvgIpc) is 3.31. The third-order valence-electron chi connectivity index (χ3n) is 3.56. The van der Waals surface area contributed by atoms with Crippen LogP contribution < -0.4 is 14.8 Å². The summed E-state index contributed by atoms with van der Waals surface area (Å²) in [5, 5.41) is 3.43. The molecule has 1 N–H and O–H groups in total. The second kappa shape index (κ2) is 8.61. The molecule has 1 saturated carbocycles. The highest BCUT2D eigenvalue weighted by atomic mass is 79.9. The van der Waals surface area contributed by atoms with Gasteiger partial charge in [0.1, 0.15) is 0 Å². The zero-order valence-electron chi connectivity index (χ0n) is 12.8. The van der Waals surface area contributed by atoms with Crippen LogP contribution in [-0.4, -0.2) is 34.0 Å². The van der Waals surface area contributed by atoms with Gasteiger partial charge in [-0.25, -0.2) is 0 Å². The van der Waals surface area contributed by atoms with Crippen molar-refractivity contribution in [2.24, 2.45) is 5.92 Å². The minimum absolute atomic E-state index is 0.738. The number of benzene rings is 1. The van der Waals surface area contributed by atoms with Gasteiger partial charge in [-0.2, -0.15) is 0 Å². The Balaban J connectivity index is 1.69. The fourth-order valence-corrected chi connectivity index (χ4v) is 2.55. The summed E-state index contributed by atoms with van der Waals surface area (Å²) >= 11 is 3.57. The van der Waals surface area contributed by atoms with E-state index in [1.54, 1.807) is 14.2 Å². The topological polar surface area (TPSA) is 39.7 Å². The van der Waals surface area contributed by atoms with Gasteiger partial charge in [0.2, 0.25) is 0 Å². The van der Waals surface area contributed by atoms with E-state index in [-0.39, 0.29) is 0 Å². The molecule has 4 nitrogen and oxygen atoms in total. The quantitative estimate of drug-likeness (QED) is 0.651. The van der Waals surface area contributed by atoms with Crippen LogP contribution >= 0.6 is 15.9 Å². The molecule has 0 heterocycles. The molecule has 1 aliphatic carbocycles. The molecule has 1 aliphatic rings.